The van der Waals surface area contributed by atoms with Crippen molar-refractivity contribution < 1.29 is 4.79 Å². The van der Waals surface area contributed by atoms with Gasteiger partial charge in [-0.3, -0.25) is 9.69 Å². The molecule has 0 aliphatic carbocycles. The van der Waals surface area contributed by atoms with Crippen molar-refractivity contribution in [2.24, 2.45) is 0 Å². The van der Waals surface area contributed by atoms with Crippen molar-refractivity contribution >= 4 is 51.9 Å². The van der Waals surface area contributed by atoms with Crippen molar-refractivity contribution in [2.45, 2.75) is 0 Å². The third kappa shape index (κ3) is 3.31. The average molecular weight is 284 g/mol. The highest BCUT2D eigenvalue weighted by atomic mass is 35.5. The van der Waals surface area contributed by atoms with Crippen molar-refractivity contribution in [2.75, 3.05) is 12.3 Å². The maximum atomic E-state index is 11.8. The SMILES string of the molecule is O=C(/C=C/c1ccc(Cl)cc1)N1CCSC1=S. The fourth-order valence-electron chi connectivity index (χ4n) is 1.42. The smallest absolute Gasteiger partial charge is 0.252 e. The van der Waals surface area contributed by atoms with Crippen LogP contribution in [0.1, 0.15) is 5.56 Å². The first-order chi connectivity index (χ1) is 8.16. The molecule has 17 heavy (non-hydrogen) atoms. The summed E-state index contributed by atoms with van der Waals surface area (Å²) in [6.07, 6.45) is 3.31. The second-order valence-electron chi connectivity index (χ2n) is 3.49. The lowest BCUT2D eigenvalue weighted by Crippen LogP contribution is -2.28. The quantitative estimate of drug-likeness (QED) is 0.614. The topological polar surface area (TPSA) is 20.3 Å². The normalized spacial score (nSPS) is 15.8. The Labute approximate surface area is 115 Å². The average Bonchev–Trinajstić information content (AvgIpc) is 2.74. The van der Waals surface area contributed by atoms with Crippen LogP contribution in [0.15, 0.2) is 30.3 Å². The van der Waals surface area contributed by atoms with Gasteiger partial charge in [-0.15, -0.1) is 0 Å². The summed E-state index contributed by atoms with van der Waals surface area (Å²) in [4.78, 5) is 13.4. The van der Waals surface area contributed by atoms with Crippen molar-refractivity contribution in [3.63, 3.8) is 0 Å². The fourth-order valence-corrected chi connectivity index (χ4v) is 2.77. The minimum Gasteiger partial charge on any atom is -0.293 e. The van der Waals surface area contributed by atoms with Crippen LogP contribution in [0.4, 0.5) is 0 Å². The Morgan fingerprint density at radius 1 is 1.41 bits per heavy atom. The highest BCUT2D eigenvalue weighted by molar-refractivity contribution is 8.23. The molecule has 0 bridgehead atoms. The zero-order valence-corrected chi connectivity index (χ0v) is 11.3. The largest absolute Gasteiger partial charge is 0.293 e. The molecule has 1 fully saturated rings. The zero-order chi connectivity index (χ0) is 12.3. The number of rotatable bonds is 2. The lowest BCUT2D eigenvalue weighted by molar-refractivity contribution is -0.121. The molecule has 0 N–H and O–H groups in total. The molecule has 0 atom stereocenters. The number of thioether (sulfide) groups is 1. The molecule has 0 radical (unpaired) electrons. The van der Waals surface area contributed by atoms with Crippen LogP contribution >= 0.6 is 35.6 Å². The van der Waals surface area contributed by atoms with Crippen LogP contribution in [-0.4, -0.2) is 27.4 Å². The van der Waals surface area contributed by atoms with Crippen LogP contribution in [0.5, 0.6) is 0 Å². The molecular formula is C12H10ClNOS2. The molecular weight excluding hydrogens is 274 g/mol. The molecule has 1 aliphatic heterocycles. The Morgan fingerprint density at radius 2 is 2.12 bits per heavy atom. The van der Waals surface area contributed by atoms with Crippen LogP contribution in [0.2, 0.25) is 5.02 Å². The number of hydrogen-bond donors (Lipinski definition) is 0. The highest BCUT2D eigenvalue weighted by Gasteiger charge is 2.21. The Kier molecular flexibility index (Phi) is 4.20. The van der Waals surface area contributed by atoms with Crippen LogP contribution < -0.4 is 0 Å². The molecule has 2 nitrogen and oxygen atoms in total. The van der Waals surface area contributed by atoms with Gasteiger partial charge in [0, 0.05) is 23.4 Å². The van der Waals surface area contributed by atoms with E-state index in [-0.39, 0.29) is 5.91 Å². The van der Waals surface area contributed by atoms with E-state index < -0.39 is 0 Å². The Bertz CT molecular complexity index is 470. The van der Waals surface area contributed by atoms with E-state index in [1.807, 2.05) is 12.1 Å². The van der Waals surface area contributed by atoms with E-state index in [1.165, 1.54) is 0 Å². The van der Waals surface area contributed by atoms with Gasteiger partial charge in [0.05, 0.1) is 0 Å². The summed E-state index contributed by atoms with van der Waals surface area (Å²) < 4.78 is 0.663. The van der Waals surface area contributed by atoms with Gasteiger partial charge in [0.25, 0.3) is 5.91 Å². The number of hydrogen-bond acceptors (Lipinski definition) is 3. The molecule has 1 saturated heterocycles. The number of halogens is 1. The Balaban J connectivity index is 2.03. The Hall–Kier alpha value is -0.840. The molecule has 1 aromatic carbocycles. The van der Waals surface area contributed by atoms with Gasteiger partial charge >= 0.3 is 0 Å². The lowest BCUT2D eigenvalue weighted by atomic mass is 10.2. The first-order valence-electron chi connectivity index (χ1n) is 5.09. The molecule has 0 aromatic heterocycles. The third-order valence-electron chi connectivity index (χ3n) is 2.32. The van der Waals surface area contributed by atoms with E-state index in [1.54, 1.807) is 40.9 Å². The maximum absolute atomic E-state index is 11.8. The van der Waals surface area contributed by atoms with E-state index >= 15 is 0 Å². The van der Waals surface area contributed by atoms with E-state index in [4.69, 9.17) is 23.8 Å². The Morgan fingerprint density at radius 3 is 2.71 bits per heavy atom. The van der Waals surface area contributed by atoms with E-state index in [0.29, 0.717) is 15.9 Å². The van der Waals surface area contributed by atoms with E-state index in [9.17, 15) is 4.79 Å². The van der Waals surface area contributed by atoms with E-state index in [0.717, 1.165) is 11.3 Å². The highest BCUT2D eigenvalue weighted by Crippen LogP contribution is 2.18. The third-order valence-corrected chi connectivity index (χ3v) is 4.00. The van der Waals surface area contributed by atoms with Gasteiger partial charge in [0.2, 0.25) is 0 Å². The molecule has 88 valence electrons. The van der Waals surface area contributed by atoms with Gasteiger partial charge in [-0.25, -0.2) is 0 Å². The second-order valence-corrected chi connectivity index (χ2v) is 5.65. The molecule has 0 saturated carbocycles. The molecule has 1 heterocycles. The minimum atomic E-state index is -0.0602. The summed E-state index contributed by atoms with van der Waals surface area (Å²) in [7, 11) is 0. The molecule has 0 spiro atoms. The van der Waals surface area contributed by atoms with Gasteiger partial charge in [-0.05, 0) is 23.8 Å². The number of carbonyl (C=O) groups excluding carboxylic acids is 1. The minimum absolute atomic E-state index is 0.0602. The van der Waals surface area contributed by atoms with Crippen molar-refractivity contribution in [3.8, 4) is 0 Å². The van der Waals surface area contributed by atoms with Crippen LogP contribution in [0.3, 0.4) is 0 Å². The summed E-state index contributed by atoms with van der Waals surface area (Å²) in [5.41, 5.74) is 0.945. The number of nitrogens with zero attached hydrogens (tertiary/aromatic N) is 1. The van der Waals surface area contributed by atoms with Crippen molar-refractivity contribution in [3.05, 3.63) is 40.9 Å². The van der Waals surface area contributed by atoms with Crippen LogP contribution in [-0.2, 0) is 4.79 Å². The van der Waals surface area contributed by atoms with Gasteiger partial charge in [-0.2, -0.15) is 0 Å². The standard InChI is InChI=1S/C12H10ClNOS2/c13-10-4-1-9(2-5-10)3-6-11(15)14-7-8-17-12(14)16/h1-6H,7-8H2/b6-3+. The summed E-state index contributed by atoms with van der Waals surface area (Å²) in [6, 6.07) is 7.32. The number of thiocarbonyl (C=S) groups is 1. The summed E-state index contributed by atoms with van der Waals surface area (Å²) in [6.45, 7) is 0.702. The monoisotopic (exact) mass is 283 g/mol. The second kappa shape index (κ2) is 5.67. The number of carbonyl (C=O) groups is 1. The van der Waals surface area contributed by atoms with Gasteiger partial charge in [-0.1, -0.05) is 47.7 Å². The first-order valence-corrected chi connectivity index (χ1v) is 6.86. The molecule has 1 aliphatic rings. The zero-order valence-electron chi connectivity index (χ0n) is 8.93. The maximum Gasteiger partial charge on any atom is 0.252 e. The summed E-state index contributed by atoms with van der Waals surface area (Å²) >= 11 is 12.4. The molecule has 1 amide bonds. The predicted molar refractivity (Wildman–Crippen MR) is 77.3 cm³/mol. The van der Waals surface area contributed by atoms with E-state index in [2.05, 4.69) is 0 Å². The fraction of sp³-hybridized carbons (Fsp3) is 0.167. The first kappa shape index (κ1) is 12.6. The number of amides is 1. The van der Waals surface area contributed by atoms with Gasteiger partial charge < -0.3 is 0 Å². The van der Waals surface area contributed by atoms with Gasteiger partial charge in [0.15, 0.2) is 0 Å². The molecule has 2 rings (SSSR count). The van der Waals surface area contributed by atoms with Crippen molar-refractivity contribution in [1.29, 1.82) is 0 Å². The van der Waals surface area contributed by atoms with Gasteiger partial charge in [0.1, 0.15) is 4.32 Å². The predicted octanol–water partition coefficient (Wildman–Crippen LogP) is 3.21. The lowest BCUT2D eigenvalue weighted by Gasteiger charge is -2.11. The molecule has 0 unspecified atom stereocenters. The molecule has 5 heteroatoms. The van der Waals surface area contributed by atoms with Crippen molar-refractivity contribution in [1.82, 2.24) is 4.90 Å². The molecule has 1 aromatic rings. The van der Waals surface area contributed by atoms with Crippen LogP contribution in [0, 0.1) is 0 Å². The van der Waals surface area contributed by atoms with Crippen LogP contribution in [0.25, 0.3) is 6.08 Å². The summed E-state index contributed by atoms with van der Waals surface area (Å²) in [5.74, 6) is 0.828. The summed E-state index contributed by atoms with van der Waals surface area (Å²) in [5, 5.41) is 0.686. The number of benzene rings is 1.